The molecule has 3 heteroatoms. The Morgan fingerprint density at radius 3 is 3.20 bits per heavy atom. The zero-order chi connectivity index (χ0) is 10.3. The molecule has 0 saturated carbocycles. The molecule has 0 amide bonds. The molecule has 0 spiro atoms. The number of hydrogen-bond acceptors (Lipinski definition) is 2. The van der Waals surface area contributed by atoms with Gasteiger partial charge < -0.3 is 9.47 Å². The third-order valence-corrected chi connectivity index (χ3v) is 3.00. The Morgan fingerprint density at radius 1 is 1.47 bits per heavy atom. The van der Waals surface area contributed by atoms with Gasteiger partial charge in [0.15, 0.2) is 0 Å². The standard InChI is InChI=1S/C12H12BNO/c1-2-11-9-15-13-8-7-10-5-3-4-6-12(10)14(11)13/h2-8,11H,1,9H2. The smallest absolute Gasteiger partial charge is 0.411 e. The van der Waals surface area contributed by atoms with Crippen molar-refractivity contribution in [2.75, 3.05) is 11.4 Å². The fourth-order valence-corrected chi connectivity index (χ4v) is 2.24. The van der Waals surface area contributed by atoms with E-state index in [1.165, 1.54) is 11.3 Å². The first-order valence-corrected chi connectivity index (χ1v) is 5.20. The molecule has 2 nitrogen and oxygen atoms in total. The molecule has 1 aromatic rings. The van der Waals surface area contributed by atoms with Crippen molar-refractivity contribution in [2.45, 2.75) is 6.04 Å². The van der Waals surface area contributed by atoms with Gasteiger partial charge in [0.25, 0.3) is 0 Å². The molecule has 1 fully saturated rings. The van der Waals surface area contributed by atoms with Crippen molar-refractivity contribution in [2.24, 2.45) is 0 Å². The average molecular weight is 197 g/mol. The lowest BCUT2D eigenvalue weighted by Crippen LogP contribution is -2.40. The Labute approximate surface area is 90.0 Å². The van der Waals surface area contributed by atoms with Gasteiger partial charge in [0.2, 0.25) is 0 Å². The maximum absolute atomic E-state index is 5.69. The maximum atomic E-state index is 5.69. The molecule has 1 saturated heterocycles. The number of anilines is 1. The first-order chi connectivity index (χ1) is 7.40. The van der Waals surface area contributed by atoms with Crippen molar-refractivity contribution in [1.82, 2.24) is 0 Å². The van der Waals surface area contributed by atoms with Crippen LogP contribution < -0.4 is 4.81 Å². The lowest BCUT2D eigenvalue weighted by Gasteiger charge is -2.29. The van der Waals surface area contributed by atoms with Crippen LogP contribution in [0.25, 0.3) is 6.08 Å². The summed E-state index contributed by atoms with van der Waals surface area (Å²) in [6.07, 6.45) is 4.08. The van der Waals surface area contributed by atoms with Crippen LogP contribution in [0.1, 0.15) is 5.56 Å². The van der Waals surface area contributed by atoms with Crippen molar-refractivity contribution in [1.29, 1.82) is 0 Å². The third-order valence-electron chi connectivity index (χ3n) is 3.00. The molecule has 0 N–H and O–H groups in total. The second kappa shape index (κ2) is 3.28. The monoisotopic (exact) mass is 197 g/mol. The minimum atomic E-state index is 0.0860. The van der Waals surface area contributed by atoms with E-state index in [2.05, 4.69) is 47.7 Å². The number of para-hydroxylation sites is 1. The van der Waals surface area contributed by atoms with E-state index >= 15 is 0 Å². The van der Waals surface area contributed by atoms with E-state index in [9.17, 15) is 0 Å². The van der Waals surface area contributed by atoms with Gasteiger partial charge in [-0.3, -0.25) is 0 Å². The predicted molar refractivity (Wildman–Crippen MR) is 63.6 cm³/mol. The highest BCUT2D eigenvalue weighted by molar-refractivity contribution is 6.64. The van der Waals surface area contributed by atoms with Crippen LogP contribution in [0.15, 0.2) is 42.9 Å². The van der Waals surface area contributed by atoms with Crippen LogP contribution in [0.4, 0.5) is 5.69 Å². The number of nitrogens with zero attached hydrogens (tertiary/aromatic N) is 1. The quantitative estimate of drug-likeness (QED) is 0.505. The second-order valence-electron chi connectivity index (χ2n) is 3.85. The SMILES string of the molecule is C=CC1COB2C=Cc3ccccc3N21. The van der Waals surface area contributed by atoms with E-state index in [0.29, 0.717) is 6.04 Å². The van der Waals surface area contributed by atoms with Crippen LogP contribution in [-0.4, -0.2) is 19.7 Å². The maximum Gasteiger partial charge on any atom is 0.444 e. The number of benzene rings is 1. The average Bonchev–Trinajstić information content (AvgIpc) is 2.72. The summed E-state index contributed by atoms with van der Waals surface area (Å²) < 4.78 is 5.69. The Bertz CT molecular complexity index is 429. The fraction of sp³-hybridized carbons (Fsp3) is 0.167. The van der Waals surface area contributed by atoms with Crippen molar-refractivity contribution >= 4 is 18.8 Å². The molecule has 2 heterocycles. The molecule has 74 valence electrons. The molecule has 15 heavy (non-hydrogen) atoms. The molecular formula is C12H12BNO. The van der Waals surface area contributed by atoms with Crippen LogP contribution >= 0.6 is 0 Å². The Morgan fingerprint density at radius 2 is 2.33 bits per heavy atom. The normalized spacial score (nSPS) is 22.5. The summed E-state index contributed by atoms with van der Waals surface area (Å²) >= 11 is 0. The van der Waals surface area contributed by atoms with Crippen LogP contribution in [0.3, 0.4) is 0 Å². The molecule has 1 aromatic carbocycles. The van der Waals surface area contributed by atoms with E-state index in [-0.39, 0.29) is 7.05 Å². The number of fused-ring (bicyclic) bond motifs is 3. The summed E-state index contributed by atoms with van der Waals surface area (Å²) in [7, 11) is 0.0860. The Hall–Kier alpha value is -1.48. The highest BCUT2D eigenvalue weighted by Gasteiger charge is 2.38. The zero-order valence-corrected chi connectivity index (χ0v) is 8.47. The first-order valence-electron chi connectivity index (χ1n) is 5.20. The summed E-state index contributed by atoms with van der Waals surface area (Å²) in [6, 6.07) is 8.68. The highest BCUT2D eigenvalue weighted by Crippen LogP contribution is 2.32. The van der Waals surface area contributed by atoms with Gasteiger partial charge in [-0.1, -0.05) is 36.3 Å². The Kier molecular flexibility index (Phi) is 1.92. The van der Waals surface area contributed by atoms with Gasteiger partial charge in [-0.25, -0.2) is 0 Å². The second-order valence-corrected chi connectivity index (χ2v) is 3.85. The minimum Gasteiger partial charge on any atom is -0.411 e. The molecule has 1 atom stereocenters. The lowest BCUT2D eigenvalue weighted by molar-refractivity contribution is 0.360. The van der Waals surface area contributed by atoms with Gasteiger partial charge >= 0.3 is 7.05 Å². The van der Waals surface area contributed by atoms with Gasteiger partial charge in [-0.05, 0) is 11.6 Å². The predicted octanol–water partition coefficient (Wildman–Crippen LogP) is 2.13. The van der Waals surface area contributed by atoms with Crippen LogP contribution in [0.2, 0.25) is 0 Å². The van der Waals surface area contributed by atoms with E-state index in [1.807, 2.05) is 6.08 Å². The van der Waals surface area contributed by atoms with Gasteiger partial charge in [0.1, 0.15) is 0 Å². The number of hydrogen-bond donors (Lipinski definition) is 0. The first kappa shape index (κ1) is 8.80. The van der Waals surface area contributed by atoms with Crippen LogP contribution in [0.5, 0.6) is 0 Å². The van der Waals surface area contributed by atoms with Gasteiger partial charge in [0, 0.05) is 5.69 Å². The molecular weight excluding hydrogens is 185 g/mol. The number of rotatable bonds is 1. The van der Waals surface area contributed by atoms with Crippen molar-refractivity contribution in [3.05, 3.63) is 48.5 Å². The summed E-state index contributed by atoms with van der Waals surface area (Å²) in [5.74, 6) is 2.10. The summed E-state index contributed by atoms with van der Waals surface area (Å²) in [5, 5.41) is 0. The third kappa shape index (κ3) is 1.23. The van der Waals surface area contributed by atoms with Crippen LogP contribution in [0, 0.1) is 0 Å². The van der Waals surface area contributed by atoms with Crippen molar-refractivity contribution < 1.29 is 4.65 Å². The largest absolute Gasteiger partial charge is 0.444 e. The molecule has 1 unspecified atom stereocenters. The Balaban J connectivity index is 2.10. The van der Waals surface area contributed by atoms with Crippen molar-refractivity contribution in [3.8, 4) is 0 Å². The molecule has 3 rings (SSSR count). The minimum absolute atomic E-state index is 0.0860. The molecule has 2 aliphatic rings. The molecule has 0 aromatic heterocycles. The molecule has 0 bridgehead atoms. The van der Waals surface area contributed by atoms with Gasteiger partial charge in [-0.2, -0.15) is 0 Å². The summed E-state index contributed by atoms with van der Waals surface area (Å²) in [6.45, 7) is 4.59. The summed E-state index contributed by atoms with van der Waals surface area (Å²) in [5.41, 5.74) is 2.50. The summed E-state index contributed by atoms with van der Waals surface area (Å²) in [4.78, 5) is 2.28. The highest BCUT2D eigenvalue weighted by atomic mass is 16.5. The molecule has 0 radical (unpaired) electrons. The fourth-order valence-electron chi connectivity index (χ4n) is 2.24. The molecule has 0 aliphatic carbocycles. The van der Waals surface area contributed by atoms with E-state index in [4.69, 9.17) is 4.65 Å². The molecule has 2 aliphatic heterocycles. The lowest BCUT2D eigenvalue weighted by atomic mass is 9.76. The topological polar surface area (TPSA) is 12.5 Å². The van der Waals surface area contributed by atoms with E-state index < -0.39 is 0 Å². The van der Waals surface area contributed by atoms with Crippen molar-refractivity contribution in [3.63, 3.8) is 0 Å². The van der Waals surface area contributed by atoms with E-state index in [0.717, 1.165) is 6.61 Å². The van der Waals surface area contributed by atoms with Gasteiger partial charge in [-0.15, -0.1) is 6.58 Å². The van der Waals surface area contributed by atoms with E-state index in [1.54, 1.807) is 0 Å². The van der Waals surface area contributed by atoms with Crippen LogP contribution in [-0.2, 0) is 4.65 Å². The zero-order valence-electron chi connectivity index (χ0n) is 8.47. The van der Waals surface area contributed by atoms with Gasteiger partial charge in [0.05, 0.1) is 12.6 Å².